The van der Waals surface area contributed by atoms with Crippen LogP contribution in [0.25, 0.3) is 0 Å². The van der Waals surface area contributed by atoms with E-state index in [1.807, 2.05) is 34.6 Å². The first-order valence-corrected chi connectivity index (χ1v) is 8.21. The van der Waals surface area contributed by atoms with Gasteiger partial charge < -0.3 is 9.64 Å². The molecule has 1 heterocycles. The molecule has 1 rings (SSSR count). The molecule has 6 nitrogen and oxygen atoms in total. The number of rotatable bonds is 4. The number of aryl methyl sites for hydroxylation is 1. The predicted molar refractivity (Wildman–Crippen MR) is 95.3 cm³/mol. The van der Waals surface area contributed by atoms with Crippen molar-refractivity contribution in [1.29, 1.82) is 0 Å². The summed E-state index contributed by atoms with van der Waals surface area (Å²) in [5.41, 5.74) is 1.08. The summed E-state index contributed by atoms with van der Waals surface area (Å²) in [6, 6.07) is 1.85. The summed E-state index contributed by atoms with van der Waals surface area (Å²) in [5.74, 6) is -0.119. The SMILES string of the molecule is Cc1cc(C(=O)N(C(C)C)C(C)C)ncc1NC(=O)OC(C)(C)C. The van der Waals surface area contributed by atoms with Gasteiger partial charge in [0.1, 0.15) is 11.3 Å². The molecule has 2 amide bonds. The molecule has 0 aliphatic heterocycles. The van der Waals surface area contributed by atoms with Gasteiger partial charge in [-0.1, -0.05) is 0 Å². The fourth-order valence-corrected chi connectivity index (χ4v) is 2.41. The molecule has 1 aromatic rings. The average Bonchev–Trinajstić information content (AvgIpc) is 2.37. The summed E-state index contributed by atoms with van der Waals surface area (Å²) < 4.78 is 5.22. The van der Waals surface area contributed by atoms with E-state index in [-0.39, 0.29) is 18.0 Å². The Labute approximate surface area is 144 Å². The minimum atomic E-state index is -0.573. The molecule has 1 N–H and O–H groups in total. The van der Waals surface area contributed by atoms with Gasteiger partial charge in [-0.15, -0.1) is 0 Å². The minimum Gasteiger partial charge on any atom is -0.444 e. The Morgan fingerprint density at radius 2 is 1.71 bits per heavy atom. The molecule has 0 fully saturated rings. The van der Waals surface area contributed by atoms with E-state index in [0.29, 0.717) is 11.4 Å². The van der Waals surface area contributed by atoms with Crippen LogP contribution in [0.15, 0.2) is 12.3 Å². The molecule has 0 bridgehead atoms. The molecule has 1 aromatic heterocycles. The van der Waals surface area contributed by atoms with E-state index in [9.17, 15) is 9.59 Å². The van der Waals surface area contributed by atoms with E-state index in [0.717, 1.165) is 5.56 Å². The lowest BCUT2D eigenvalue weighted by molar-refractivity contribution is 0.0628. The lowest BCUT2D eigenvalue weighted by Gasteiger charge is -2.30. The van der Waals surface area contributed by atoms with Crippen LogP contribution in [0.4, 0.5) is 10.5 Å². The number of nitrogens with zero attached hydrogens (tertiary/aromatic N) is 2. The van der Waals surface area contributed by atoms with Crippen LogP contribution < -0.4 is 5.32 Å². The quantitative estimate of drug-likeness (QED) is 0.903. The van der Waals surface area contributed by atoms with Gasteiger partial charge in [-0.05, 0) is 67.0 Å². The Bertz CT molecular complexity index is 596. The van der Waals surface area contributed by atoms with Gasteiger partial charge >= 0.3 is 6.09 Å². The summed E-state index contributed by atoms with van der Waals surface area (Å²) in [6.07, 6.45) is 0.947. The van der Waals surface area contributed by atoms with Crippen LogP contribution >= 0.6 is 0 Å². The van der Waals surface area contributed by atoms with Gasteiger partial charge in [-0.3, -0.25) is 10.1 Å². The zero-order valence-electron chi connectivity index (χ0n) is 15.9. The molecule has 0 atom stereocenters. The largest absolute Gasteiger partial charge is 0.444 e. The Kier molecular flexibility index (Phi) is 6.35. The van der Waals surface area contributed by atoms with Crippen LogP contribution in [0.5, 0.6) is 0 Å². The highest BCUT2D eigenvalue weighted by molar-refractivity contribution is 5.94. The van der Waals surface area contributed by atoms with Crippen molar-refractivity contribution in [3.63, 3.8) is 0 Å². The monoisotopic (exact) mass is 335 g/mol. The molecule has 0 aliphatic carbocycles. The number of hydrogen-bond donors (Lipinski definition) is 1. The van der Waals surface area contributed by atoms with E-state index >= 15 is 0 Å². The van der Waals surface area contributed by atoms with Gasteiger partial charge in [0.15, 0.2) is 0 Å². The van der Waals surface area contributed by atoms with Crippen molar-refractivity contribution in [1.82, 2.24) is 9.88 Å². The van der Waals surface area contributed by atoms with E-state index < -0.39 is 11.7 Å². The van der Waals surface area contributed by atoms with Gasteiger partial charge in [0.2, 0.25) is 0 Å². The molecular weight excluding hydrogens is 306 g/mol. The Hall–Kier alpha value is -2.11. The normalized spacial score (nSPS) is 11.6. The minimum absolute atomic E-state index is 0.0826. The van der Waals surface area contributed by atoms with Crippen molar-refractivity contribution in [3.8, 4) is 0 Å². The highest BCUT2D eigenvalue weighted by Crippen LogP contribution is 2.18. The number of aromatic nitrogens is 1. The third-order valence-electron chi connectivity index (χ3n) is 3.31. The van der Waals surface area contributed by atoms with E-state index in [2.05, 4.69) is 10.3 Å². The average molecular weight is 335 g/mol. The summed E-state index contributed by atoms with van der Waals surface area (Å²) in [6.45, 7) is 15.1. The molecule has 0 radical (unpaired) electrons. The van der Waals surface area contributed by atoms with Gasteiger partial charge in [-0.2, -0.15) is 0 Å². The highest BCUT2D eigenvalue weighted by atomic mass is 16.6. The van der Waals surface area contributed by atoms with Gasteiger partial charge in [0, 0.05) is 12.1 Å². The highest BCUT2D eigenvalue weighted by Gasteiger charge is 2.23. The standard InChI is InChI=1S/C18H29N3O3/c1-11(2)21(12(3)4)16(22)14-9-13(5)15(10-19-14)20-17(23)24-18(6,7)8/h9-12H,1-8H3,(H,20,23). The van der Waals surface area contributed by atoms with Crippen LogP contribution in [0.2, 0.25) is 0 Å². The Morgan fingerprint density at radius 1 is 1.17 bits per heavy atom. The van der Waals surface area contributed by atoms with E-state index in [4.69, 9.17) is 4.74 Å². The second-order valence-corrected chi connectivity index (χ2v) is 7.41. The second kappa shape index (κ2) is 7.64. The maximum Gasteiger partial charge on any atom is 0.412 e. The molecule has 0 spiro atoms. The topological polar surface area (TPSA) is 71.5 Å². The summed E-state index contributed by atoms with van der Waals surface area (Å²) in [5, 5.41) is 2.66. The third kappa shape index (κ3) is 5.51. The number of carbonyl (C=O) groups excluding carboxylic acids is 2. The molecule has 0 saturated carbocycles. The number of pyridine rings is 1. The molecule has 0 aliphatic rings. The zero-order valence-corrected chi connectivity index (χ0v) is 15.9. The van der Waals surface area contributed by atoms with E-state index in [1.54, 1.807) is 31.7 Å². The molecular formula is C18H29N3O3. The van der Waals surface area contributed by atoms with Gasteiger partial charge in [0.05, 0.1) is 11.9 Å². The predicted octanol–water partition coefficient (Wildman–Crippen LogP) is 4.00. The van der Waals surface area contributed by atoms with Crippen molar-refractivity contribution >= 4 is 17.7 Å². The number of ether oxygens (including phenoxy) is 1. The summed E-state index contributed by atoms with van der Waals surface area (Å²) >= 11 is 0. The van der Waals surface area contributed by atoms with Crippen LogP contribution in [-0.2, 0) is 4.74 Å². The van der Waals surface area contributed by atoms with Crippen molar-refractivity contribution in [2.75, 3.05) is 5.32 Å². The molecule has 24 heavy (non-hydrogen) atoms. The molecule has 6 heteroatoms. The molecule has 0 saturated heterocycles. The number of amides is 2. The maximum absolute atomic E-state index is 12.7. The Balaban J connectivity index is 2.95. The van der Waals surface area contributed by atoms with E-state index in [1.165, 1.54) is 6.20 Å². The summed E-state index contributed by atoms with van der Waals surface area (Å²) in [4.78, 5) is 30.5. The number of carbonyl (C=O) groups is 2. The first-order chi connectivity index (χ1) is 10.9. The van der Waals surface area contributed by atoms with Crippen molar-refractivity contribution in [2.24, 2.45) is 0 Å². The first kappa shape index (κ1) is 19.9. The first-order valence-electron chi connectivity index (χ1n) is 8.21. The molecule has 0 unspecified atom stereocenters. The number of nitrogens with one attached hydrogen (secondary N) is 1. The number of hydrogen-bond acceptors (Lipinski definition) is 4. The van der Waals surface area contributed by atoms with Crippen molar-refractivity contribution in [2.45, 2.75) is 73.1 Å². The number of anilines is 1. The van der Waals surface area contributed by atoms with Crippen LogP contribution in [0.3, 0.4) is 0 Å². The van der Waals surface area contributed by atoms with Crippen LogP contribution in [-0.4, -0.2) is 39.6 Å². The fourth-order valence-electron chi connectivity index (χ4n) is 2.41. The van der Waals surface area contributed by atoms with Crippen molar-refractivity contribution < 1.29 is 14.3 Å². The molecule has 134 valence electrons. The van der Waals surface area contributed by atoms with Crippen LogP contribution in [0.1, 0.15) is 64.5 Å². The fraction of sp³-hybridized carbons (Fsp3) is 0.611. The Morgan fingerprint density at radius 3 is 2.12 bits per heavy atom. The maximum atomic E-state index is 12.7. The smallest absolute Gasteiger partial charge is 0.412 e. The second-order valence-electron chi connectivity index (χ2n) is 7.41. The molecule has 0 aromatic carbocycles. The van der Waals surface area contributed by atoms with Crippen LogP contribution in [0, 0.1) is 6.92 Å². The van der Waals surface area contributed by atoms with Gasteiger partial charge in [0.25, 0.3) is 5.91 Å². The summed E-state index contributed by atoms with van der Waals surface area (Å²) in [7, 11) is 0. The van der Waals surface area contributed by atoms with Gasteiger partial charge in [-0.25, -0.2) is 9.78 Å². The lowest BCUT2D eigenvalue weighted by Crippen LogP contribution is -2.42. The lowest BCUT2D eigenvalue weighted by atomic mass is 10.1. The van der Waals surface area contributed by atoms with Crippen molar-refractivity contribution in [3.05, 3.63) is 23.5 Å². The third-order valence-corrected chi connectivity index (χ3v) is 3.31. The zero-order chi connectivity index (χ0) is 18.7.